The molecule has 124 valence electrons. The van der Waals surface area contributed by atoms with E-state index in [1.165, 1.54) is 28.0 Å². The van der Waals surface area contributed by atoms with Gasteiger partial charge in [-0.2, -0.15) is 5.10 Å². The number of thiophene rings is 1. The maximum absolute atomic E-state index is 11.4. The molecule has 0 N–H and O–H groups in total. The SMILES string of the molecule is CC(=O)c1cc(CN(C)Cc2cnn(-c3cccc(C)c3)c2)cs1. The summed E-state index contributed by atoms with van der Waals surface area (Å²) in [6.45, 7) is 5.33. The van der Waals surface area contributed by atoms with Crippen LogP contribution in [0, 0.1) is 6.92 Å². The molecule has 0 aliphatic carbocycles. The van der Waals surface area contributed by atoms with Crippen LogP contribution in [0.15, 0.2) is 48.1 Å². The van der Waals surface area contributed by atoms with Crippen LogP contribution in [0.25, 0.3) is 5.69 Å². The van der Waals surface area contributed by atoms with Crippen LogP contribution in [0.4, 0.5) is 0 Å². The van der Waals surface area contributed by atoms with Crippen molar-refractivity contribution in [3.63, 3.8) is 0 Å². The Kier molecular flexibility index (Phi) is 4.92. The van der Waals surface area contributed by atoms with Crippen LogP contribution >= 0.6 is 11.3 Å². The Labute approximate surface area is 146 Å². The molecule has 0 bridgehead atoms. The minimum absolute atomic E-state index is 0.133. The van der Waals surface area contributed by atoms with E-state index in [0.717, 1.165) is 23.7 Å². The highest BCUT2D eigenvalue weighted by molar-refractivity contribution is 7.12. The van der Waals surface area contributed by atoms with Crippen molar-refractivity contribution in [2.45, 2.75) is 26.9 Å². The predicted octanol–water partition coefficient (Wildman–Crippen LogP) is 4.08. The Hall–Kier alpha value is -2.24. The van der Waals surface area contributed by atoms with E-state index in [9.17, 15) is 4.79 Å². The number of rotatable bonds is 6. The number of carbonyl (C=O) groups is 1. The molecule has 0 radical (unpaired) electrons. The number of ketones is 1. The molecule has 0 aliphatic rings. The predicted molar refractivity (Wildman–Crippen MR) is 97.8 cm³/mol. The molecular formula is C19H21N3OS. The second-order valence-corrected chi connectivity index (χ2v) is 7.09. The van der Waals surface area contributed by atoms with Crippen LogP contribution in [0.3, 0.4) is 0 Å². The van der Waals surface area contributed by atoms with E-state index < -0.39 is 0 Å². The Bertz CT molecular complexity index is 850. The molecule has 1 aromatic carbocycles. The number of hydrogen-bond acceptors (Lipinski definition) is 4. The Morgan fingerprint density at radius 1 is 1.25 bits per heavy atom. The Morgan fingerprint density at radius 3 is 2.75 bits per heavy atom. The van der Waals surface area contributed by atoms with E-state index in [4.69, 9.17) is 0 Å². The van der Waals surface area contributed by atoms with E-state index in [0.29, 0.717) is 0 Å². The topological polar surface area (TPSA) is 38.1 Å². The molecule has 0 fully saturated rings. The molecule has 0 unspecified atom stereocenters. The van der Waals surface area contributed by atoms with Crippen LogP contribution in [-0.2, 0) is 13.1 Å². The van der Waals surface area contributed by atoms with Gasteiger partial charge in [0.25, 0.3) is 0 Å². The van der Waals surface area contributed by atoms with Gasteiger partial charge in [0.1, 0.15) is 0 Å². The summed E-state index contributed by atoms with van der Waals surface area (Å²) in [6, 6.07) is 10.3. The van der Waals surface area contributed by atoms with Crippen molar-refractivity contribution >= 4 is 17.1 Å². The molecule has 3 rings (SSSR count). The molecule has 24 heavy (non-hydrogen) atoms. The van der Waals surface area contributed by atoms with Gasteiger partial charge in [-0.3, -0.25) is 9.69 Å². The van der Waals surface area contributed by atoms with Crippen molar-refractivity contribution in [1.82, 2.24) is 14.7 Å². The van der Waals surface area contributed by atoms with Gasteiger partial charge in [0.2, 0.25) is 0 Å². The average Bonchev–Trinajstić information content (AvgIpc) is 3.17. The lowest BCUT2D eigenvalue weighted by Gasteiger charge is -2.14. The minimum Gasteiger partial charge on any atom is -0.298 e. The molecular weight excluding hydrogens is 318 g/mol. The van der Waals surface area contributed by atoms with E-state index >= 15 is 0 Å². The number of Topliss-reactive ketones (excluding diaryl/α,β-unsaturated/α-hetero) is 1. The van der Waals surface area contributed by atoms with Gasteiger partial charge in [0.15, 0.2) is 5.78 Å². The zero-order valence-electron chi connectivity index (χ0n) is 14.2. The van der Waals surface area contributed by atoms with Gasteiger partial charge in [-0.15, -0.1) is 11.3 Å². The third-order valence-electron chi connectivity index (χ3n) is 3.81. The van der Waals surface area contributed by atoms with Crippen molar-refractivity contribution in [3.05, 3.63) is 69.7 Å². The lowest BCUT2D eigenvalue weighted by Crippen LogP contribution is -2.16. The zero-order valence-corrected chi connectivity index (χ0v) is 15.0. The zero-order chi connectivity index (χ0) is 17.1. The Balaban J connectivity index is 1.64. The lowest BCUT2D eigenvalue weighted by molar-refractivity contribution is 0.102. The summed E-state index contributed by atoms with van der Waals surface area (Å²) in [5.41, 5.74) is 4.65. The molecule has 0 spiro atoms. The maximum atomic E-state index is 11.4. The number of aryl methyl sites for hydroxylation is 1. The summed E-state index contributed by atoms with van der Waals surface area (Å²) < 4.78 is 1.91. The molecule has 4 nitrogen and oxygen atoms in total. The monoisotopic (exact) mass is 339 g/mol. The fourth-order valence-electron chi connectivity index (χ4n) is 2.68. The van der Waals surface area contributed by atoms with Crippen molar-refractivity contribution in [2.24, 2.45) is 0 Å². The van der Waals surface area contributed by atoms with Crippen molar-refractivity contribution in [2.75, 3.05) is 7.05 Å². The smallest absolute Gasteiger partial charge is 0.169 e. The molecule has 0 amide bonds. The number of benzene rings is 1. The molecule has 5 heteroatoms. The van der Waals surface area contributed by atoms with E-state index in [-0.39, 0.29) is 5.78 Å². The molecule has 0 saturated carbocycles. The van der Waals surface area contributed by atoms with Gasteiger partial charge >= 0.3 is 0 Å². The normalized spacial score (nSPS) is 11.2. The van der Waals surface area contributed by atoms with Gasteiger partial charge in [-0.25, -0.2) is 4.68 Å². The standard InChI is InChI=1S/C19H21N3OS/c1-14-5-4-6-18(7-14)22-12-17(9-20-22)11-21(3)10-16-8-19(15(2)23)24-13-16/h4-9,12-13H,10-11H2,1-3H3. The highest BCUT2D eigenvalue weighted by Crippen LogP contribution is 2.18. The van der Waals surface area contributed by atoms with Crippen LogP contribution < -0.4 is 0 Å². The quantitative estimate of drug-likeness (QED) is 0.635. The van der Waals surface area contributed by atoms with Gasteiger partial charge in [0.05, 0.1) is 16.8 Å². The highest BCUT2D eigenvalue weighted by atomic mass is 32.1. The second kappa shape index (κ2) is 7.11. The minimum atomic E-state index is 0.133. The summed E-state index contributed by atoms with van der Waals surface area (Å²) >= 11 is 1.52. The van der Waals surface area contributed by atoms with Crippen molar-refractivity contribution in [1.29, 1.82) is 0 Å². The van der Waals surface area contributed by atoms with Crippen molar-refractivity contribution in [3.8, 4) is 5.69 Å². The van der Waals surface area contributed by atoms with Gasteiger partial charge < -0.3 is 0 Å². The number of nitrogens with zero attached hydrogens (tertiary/aromatic N) is 3. The fraction of sp³-hybridized carbons (Fsp3) is 0.263. The van der Waals surface area contributed by atoms with Crippen molar-refractivity contribution < 1.29 is 4.79 Å². The molecule has 2 heterocycles. The lowest BCUT2D eigenvalue weighted by atomic mass is 10.2. The van der Waals surface area contributed by atoms with E-state index in [1.807, 2.05) is 23.0 Å². The number of carbonyl (C=O) groups excluding carboxylic acids is 1. The van der Waals surface area contributed by atoms with Crippen LogP contribution in [0.2, 0.25) is 0 Å². The molecule has 0 aliphatic heterocycles. The molecule has 0 atom stereocenters. The third-order valence-corrected chi connectivity index (χ3v) is 4.89. The summed E-state index contributed by atoms with van der Waals surface area (Å²) in [5.74, 6) is 0.133. The summed E-state index contributed by atoms with van der Waals surface area (Å²) in [4.78, 5) is 14.4. The first-order valence-electron chi connectivity index (χ1n) is 7.89. The second-order valence-electron chi connectivity index (χ2n) is 6.18. The van der Waals surface area contributed by atoms with Gasteiger partial charge in [-0.1, -0.05) is 12.1 Å². The largest absolute Gasteiger partial charge is 0.298 e. The summed E-state index contributed by atoms with van der Waals surface area (Å²) in [6.07, 6.45) is 3.98. The van der Waals surface area contributed by atoms with Crippen LogP contribution in [-0.4, -0.2) is 27.5 Å². The number of aromatic nitrogens is 2. The summed E-state index contributed by atoms with van der Waals surface area (Å²) in [5, 5.41) is 6.52. The summed E-state index contributed by atoms with van der Waals surface area (Å²) in [7, 11) is 2.08. The van der Waals surface area contributed by atoms with E-state index in [2.05, 4.69) is 53.7 Å². The first-order chi connectivity index (χ1) is 11.5. The van der Waals surface area contributed by atoms with Crippen LogP contribution in [0.5, 0.6) is 0 Å². The molecule has 2 aromatic heterocycles. The Morgan fingerprint density at radius 2 is 2.04 bits per heavy atom. The first-order valence-corrected chi connectivity index (χ1v) is 8.77. The van der Waals surface area contributed by atoms with Gasteiger partial charge in [-0.05, 0) is 55.6 Å². The van der Waals surface area contributed by atoms with E-state index in [1.54, 1.807) is 6.92 Å². The van der Waals surface area contributed by atoms with Crippen LogP contribution in [0.1, 0.15) is 33.3 Å². The molecule has 3 aromatic rings. The van der Waals surface area contributed by atoms with Gasteiger partial charge in [0, 0.05) is 24.8 Å². The maximum Gasteiger partial charge on any atom is 0.169 e. The average molecular weight is 339 g/mol. The third kappa shape index (κ3) is 3.99. The highest BCUT2D eigenvalue weighted by Gasteiger charge is 2.08. The fourth-order valence-corrected chi connectivity index (χ4v) is 3.48. The molecule has 0 saturated heterocycles. The number of hydrogen-bond donors (Lipinski definition) is 0. The first kappa shape index (κ1) is 16.6.